The van der Waals surface area contributed by atoms with Gasteiger partial charge in [-0.15, -0.1) is 0 Å². The third kappa shape index (κ3) is 2.99. The van der Waals surface area contributed by atoms with Crippen molar-refractivity contribution in [3.8, 4) is 0 Å². The first-order chi connectivity index (χ1) is 19.2. The van der Waals surface area contributed by atoms with Gasteiger partial charge in [0.15, 0.2) is 0 Å². The summed E-state index contributed by atoms with van der Waals surface area (Å²) in [4.78, 5) is 0. The lowest BCUT2D eigenvalue weighted by molar-refractivity contribution is -0.171. The number of rotatable bonds is 0. The highest BCUT2D eigenvalue weighted by atomic mass is 14.8. The molecule has 9 aliphatic carbocycles. The monoisotopic (exact) mass is 545 g/mol. The van der Waals surface area contributed by atoms with Crippen LogP contribution in [0.4, 0.5) is 0 Å². The standard InChI is InChI=1S/C40H64/c1-17-18(2)22(6)34-30-14-10-26-28-12-16-32-36-24(8)20(4)19(3)23(7)35(36)31-15-11-27(38(28)40(31)32)25-9-13-29(33(34)21(17)5)39(30)37(25)26/h17-40H,9-16H2,1-8H3. The lowest BCUT2D eigenvalue weighted by atomic mass is 9.39. The SMILES string of the molecule is CC1C(C)C(C)C2C3CCC4C5CCC6C7C(C)C(C)C(C)C(C)C7C7CCC(C8CCC(C2C1C)C3C84)C5C76. The van der Waals surface area contributed by atoms with Gasteiger partial charge in [-0.3, -0.25) is 0 Å². The molecule has 0 amide bonds. The van der Waals surface area contributed by atoms with E-state index in [4.69, 9.17) is 0 Å². The highest BCUT2D eigenvalue weighted by Crippen LogP contribution is 2.76. The minimum Gasteiger partial charge on any atom is -0.0620 e. The average Bonchev–Trinajstić information content (AvgIpc) is 3.49. The molecule has 40 heavy (non-hydrogen) atoms. The maximum atomic E-state index is 2.72. The molecule has 0 radical (unpaired) electrons. The molecule has 9 rings (SSSR count). The van der Waals surface area contributed by atoms with Gasteiger partial charge in [0.25, 0.3) is 0 Å². The van der Waals surface area contributed by atoms with Crippen LogP contribution >= 0.6 is 0 Å². The quantitative estimate of drug-likeness (QED) is 0.284. The van der Waals surface area contributed by atoms with Crippen molar-refractivity contribution in [3.05, 3.63) is 0 Å². The minimum absolute atomic E-state index is 0.937. The predicted molar refractivity (Wildman–Crippen MR) is 166 cm³/mol. The van der Waals surface area contributed by atoms with E-state index in [0.717, 1.165) is 142 Å². The van der Waals surface area contributed by atoms with Gasteiger partial charge in [-0.2, -0.15) is 0 Å². The fraction of sp³-hybridized carbons (Fsp3) is 1.00. The first kappa shape index (κ1) is 26.4. The smallest absolute Gasteiger partial charge is 0.0318 e. The maximum absolute atomic E-state index is 2.72. The molecule has 9 aliphatic rings. The van der Waals surface area contributed by atoms with Crippen LogP contribution < -0.4 is 0 Å². The van der Waals surface area contributed by atoms with E-state index in [9.17, 15) is 0 Å². The summed E-state index contributed by atoms with van der Waals surface area (Å²) in [6, 6.07) is 0. The third-order valence-corrected chi connectivity index (χ3v) is 19.5. The predicted octanol–water partition coefficient (Wildman–Crippen LogP) is 10.2. The largest absolute Gasteiger partial charge is 0.0620 e. The summed E-state index contributed by atoms with van der Waals surface area (Å²) < 4.78 is 0. The summed E-state index contributed by atoms with van der Waals surface area (Å²) in [5, 5.41) is 0. The van der Waals surface area contributed by atoms with Gasteiger partial charge in [-0.05, 0) is 193 Å². The fourth-order valence-electron chi connectivity index (χ4n) is 17.8. The second-order valence-corrected chi connectivity index (χ2v) is 19.1. The Bertz CT molecular complexity index is 856. The normalized spacial score (nSPS) is 70.2. The summed E-state index contributed by atoms with van der Waals surface area (Å²) in [7, 11) is 0. The molecular formula is C40H64. The van der Waals surface area contributed by atoms with Crippen LogP contribution in [0.5, 0.6) is 0 Å². The van der Waals surface area contributed by atoms with E-state index in [2.05, 4.69) is 55.4 Å². The summed E-state index contributed by atoms with van der Waals surface area (Å²) >= 11 is 0. The zero-order valence-corrected chi connectivity index (χ0v) is 27.5. The zero-order valence-electron chi connectivity index (χ0n) is 27.5. The molecule has 0 heteroatoms. The van der Waals surface area contributed by atoms with Crippen molar-refractivity contribution in [2.75, 3.05) is 0 Å². The maximum Gasteiger partial charge on any atom is -0.0318 e. The topological polar surface area (TPSA) is 0 Å². The van der Waals surface area contributed by atoms with Crippen LogP contribution in [0, 0.1) is 142 Å². The van der Waals surface area contributed by atoms with E-state index in [-0.39, 0.29) is 0 Å². The number of fused-ring (bicyclic) bond motifs is 8. The van der Waals surface area contributed by atoms with E-state index in [1.807, 2.05) is 0 Å². The van der Waals surface area contributed by atoms with E-state index < -0.39 is 0 Å². The Morgan fingerprint density at radius 1 is 0.200 bits per heavy atom. The van der Waals surface area contributed by atoms with Gasteiger partial charge in [0.05, 0.1) is 0 Å². The molecule has 0 aromatic carbocycles. The van der Waals surface area contributed by atoms with E-state index in [1.54, 1.807) is 51.4 Å². The molecule has 0 nitrogen and oxygen atoms in total. The van der Waals surface area contributed by atoms with Crippen molar-refractivity contribution in [2.24, 2.45) is 142 Å². The minimum atomic E-state index is 0.937. The second-order valence-electron chi connectivity index (χ2n) is 19.1. The summed E-state index contributed by atoms with van der Waals surface area (Å²) in [6.45, 7) is 21.4. The van der Waals surface area contributed by atoms with Crippen molar-refractivity contribution in [3.63, 3.8) is 0 Å². The van der Waals surface area contributed by atoms with Crippen LogP contribution in [0.1, 0.15) is 107 Å². The Morgan fingerprint density at radius 3 is 0.600 bits per heavy atom. The molecule has 0 heterocycles. The van der Waals surface area contributed by atoms with Crippen molar-refractivity contribution < 1.29 is 0 Å². The molecule has 9 fully saturated rings. The molecule has 0 bridgehead atoms. The molecule has 0 saturated heterocycles. The molecule has 0 N–H and O–H groups in total. The molecule has 9 saturated carbocycles. The first-order valence-corrected chi connectivity index (χ1v) is 19.2. The van der Waals surface area contributed by atoms with Crippen LogP contribution in [-0.4, -0.2) is 0 Å². The van der Waals surface area contributed by atoms with Crippen molar-refractivity contribution in [1.82, 2.24) is 0 Å². The van der Waals surface area contributed by atoms with Crippen LogP contribution in [0.15, 0.2) is 0 Å². The summed E-state index contributed by atoms with van der Waals surface area (Å²) in [5.41, 5.74) is 0. The van der Waals surface area contributed by atoms with E-state index >= 15 is 0 Å². The van der Waals surface area contributed by atoms with Crippen LogP contribution in [0.2, 0.25) is 0 Å². The fourth-order valence-corrected chi connectivity index (χ4v) is 17.8. The van der Waals surface area contributed by atoms with Crippen molar-refractivity contribution >= 4 is 0 Å². The molecule has 20 unspecified atom stereocenters. The van der Waals surface area contributed by atoms with Gasteiger partial charge >= 0.3 is 0 Å². The molecule has 0 spiro atoms. The molecular weight excluding hydrogens is 480 g/mol. The van der Waals surface area contributed by atoms with Crippen molar-refractivity contribution in [1.29, 1.82) is 0 Å². The van der Waals surface area contributed by atoms with Gasteiger partial charge in [-0.25, -0.2) is 0 Å². The van der Waals surface area contributed by atoms with E-state index in [1.165, 1.54) is 0 Å². The van der Waals surface area contributed by atoms with Crippen LogP contribution in [0.25, 0.3) is 0 Å². The summed E-state index contributed by atoms with van der Waals surface area (Å²) in [5.74, 6) is 25.5. The van der Waals surface area contributed by atoms with Gasteiger partial charge in [0.1, 0.15) is 0 Å². The van der Waals surface area contributed by atoms with E-state index in [0.29, 0.717) is 0 Å². The number of hydrogen-bond donors (Lipinski definition) is 0. The van der Waals surface area contributed by atoms with Crippen LogP contribution in [0.3, 0.4) is 0 Å². The Labute approximate surface area is 248 Å². The molecule has 0 aromatic heterocycles. The summed E-state index contributed by atoms with van der Waals surface area (Å²) in [6.07, 6.45) is 13.1. The highest BCUT2D eigenvalue weighted by molar-refractivity contribution is 5.18. The van der Waals surface area contributed by atoms with Gasteiger partial charge in [0, 0.05) is 0 Å². The number of hydrogen-bond acceptors (Lipinski definition) is 0. The van der Waals surface area contributed by atoms with Gasteiger partial charge in [0.2, 0.25) is 0 Å². The third-order valence-electron chi connectivity index (χ3n) is 19.5. The average molecular weight is 545 g/mol. The second kappa shape index (κ2) is 8.80. The Kier molecular flexibility index (Phi) is 5.81. The van der Waals surface area contributed by atoms with Gasteiger partial charge in [-0.1, -0.05) is 55.4 Å². The molecule has 224 valence electrons. The Hall–Kier alpha value is 0. The molecule has 0 aliphatic heterocycles. The zero-order chi connectivity index (χ0) is 27.5. The lowest BCUT2D eigenvalue weighted by Gasteiger charge is -2.65. The molecule has 20 atom stereocenters. The van der Waals surface area contributed by atoms with Gasteiger partial charge < -0.3 is 0 Å². The first-order valence-electron chi connectivity index (χ1n) is 19.2. The van der Waals surface area contributed by atoms with Crippen LogP contribution in [-0.2, 0) is 0 Å². The van der Waals surface area contributed by atoms with Crippen molar-refractivity contribution in [2.45, 2.75) is 107 Å². The molecule has 0 aromatic rings. The Morgan fingerprint density at radius 2 is 0.375 bits per heavy atom. The lowest BCUT2D eigenvalue weighted by Crippen LogP contribution is -2.59. The highest BCUT2D eigenvalue weighted by Gasteiger charge is 2.71. The Balaban J connectivity index is 1.08.